The number of benzene rings is 18. The summed E-state index contributed by atoms with van der Waals surface area (Å²) >= 11 is 0. The summed E-state index contributed by atoms with van der Waals surface area (Å²) in [4.78, 5) is 9.62. The lowest BCUT2D eigenvalue weighted by Gasteiger charge is -2.42. The lowest BCUT2D eigenvalue weighted by Crippen LogP contribution is -2.32. The van der Waals surface area contributed by atoms with Gasteiger partial charge in [-0.2, -0.15) is 0 Å². The zero-order valence-corrected chi connectivity index (χ0v) is 83.3. The predicted octanol–water partition coefficient (Wildman–Crippen LogP) is 38.3. The summed E-state index contributed by atoms with van der Waals surface area (Å²) in [6.45, 7) is 26.7. The normalized spacial score (nSPS) is 12.4. The lowest BCUT2D eigenvalue weighted by atomic mass is 9.62. The number of hydrogen-bond donors (Lipinski definition) is 0. The van der Waals surface area contributed by atoms with Crippen LogP contribution in [-0.4, -0.2) is 0 Å². The smallest absolute Gasteiger partial charge is 0.0464 e. The summed E-state index contributed by atoms with van der Waals surface area (Å²) in [5.74, 6) is 0.592. The van der Waals surface area contributed by atoms with Crippen molar-refractivity contribution in [3.05, 3.63) is 525 Å². The summed E-state index contributed by atoms with van der Waals surface area (Å²) in [5, 5.41) is 0. The lowest BCUT2D eigenvalue weighted by molar-refractivity contribution is 0.315. The van der Waals surface area contributed by atoms with E-state index in [1.165, 1.54) is 195 Å². The summed E-state index contributed by atoms with van der Waals surface area (Å²) in [6.07, 6.45) is 14.3. The van der Waals surface area contributed by atoms with Gasteiger partial charge in [-0.15, -0.1) is 0 Å². The minimum Gasteiger partial charge on any atom is -0.310 e. The molecular formula is C135H132N4. The molecule has 1 aliphatic carbocycles. The number of rotatable bonds is 30. The van der Waals surface area contributed by atoms with E-state index < -0.39 is 0 Å². The van der Waals surface area contributed by atoms with Crippen molar-refractivity contribution in [2.45, 2.75) is 177 Å². The first-order chi connectivity index (χ1) is 67.9. The first-order valence-corrected chi connectivity index (χ1v) is 50.6. The molecule has 0 N–H and O–H groups in total. The van der Waals surface area contributed by atoms with Gasteiger partial charge in [0.1, 0.15) is 0 Å². The molecule has 0 atom stereocenters. The van der Waals surface area contributed by atoms with Gasteiger partial charge in [0.15, 0.2) is 0 Å². The molecule has 18 aromatic carbocycles. The molecule has 1 aliphatic rings. The van der Waals surface area contributed by atoms with E-state index in [0.29, 0.717) is 5.92 Å². The second-order valence-electron chi connectivity index (χ2n) is 39.0. The Balaban J connectivity index is 0.000000190. The molecule has 0 unspecified atom stereocenters. The van der Waals surface area contributed by atoms with Crippen molar-refractivity contribution in [2.75, 3.05) is 19.6 Å². The number of anilines is 12. The number of hydrogen-bond acceptors (Lipinski definition) is 4. The van der Waals surface area contributed by atoms with Crippen LogP contribution in [0.25, 0.3) is 44.5 Å². The SMILES string of the molecule is CCCCCc1ccc(-c2ccc(N(c3ccc(C4(c5ccc(N(c6ccc(-c7ccc(CCCCC)cc7C)cc6)c6ccc(C)c(C)c6)cc5)CCC(c5ccccc5)CC4)cc3)c3ccc(C)c(C)c3)cc2)c(C)c1.Cc1ccc(N(c2ccc(C(c3ccccc3)c3ccc(N(c4ccc(C)cc4)c4ccc(-c5ccccc5)c(C)c4)cc3)cc2)c2ccc(-c3ccccc3)c(C)c2)cc1. The fourth-order valence-electron chi connectivity index (χ4n) is 21.1. The molecule has 18 aromatic rings. The average Bonchev–Trinajstić information content (AvgIpc) is 0.751. The highest BCUT2D eigenvalue weighted by atomic mass is 15.2. The van der Waals surface area contributed by atoms with Crippen LogP contribution in [0.3, 0.4) is 0 Å². The Labute approximate surface area is 828 Å². The molecule has 0 bridgehead atoms. The van der Waals surface area contributed by atoms with E-state index in [1.807, 2.05) is 0 Å². The second kappa shape index (κ2) is 43.7. The summed E-state index contributed by atoms with van der Waals surface area (Å²) in [7, 11) is 0. The Morgan fingerprint density at radius 1 is 0.230 bits per heavy atom. The molecule has 0 aromatic heterocycles. The van der Waals surface area contributed by atoms with Crippen LogP contribution in [0, 0.1) is 69.2 Å². The number of nitrogens with zero attached hydrogens (tertiary/aromatic N) is 4. The maximum Gasteiger partial charge on any atom is 0.0464 e. The van der Waals surface area contributed by atoms with Crippen LogP contribution in [0.2, 0.25) is 0 Å². The molecule has 1 saturated carbocycles. The van der Waals surface area contributed by atoms with E-state index >= 15 is 0 Å². The van der Waals surface area contributed by atoms with Gasteiger partial charge in [-0.05, 0) is 406 Å². The third kappa shape index (κ3) is 21.6. The molecule has 692 valence electrons. The van der Waals surface area contributed by atoms with E-state index in [1.54, 1.807) is 0 Å². The van der Waals surface area contributed by atoms with Gasteiger partial charge in [-0.25, -0.2) is 0 Å². The zero-order valence-electron chi connectivity index (χ0n) is 83.3. The Morgan fingerprint density at radius 2 is 0.496 bits per heavy atom. The molecule has 4 nitrogen and oxygen atoms in total. The molecule has 1 fully saturated rings. The first kappa shape index (κ1) is 94.5. The highest BCUT2D eigenvalue weighted by molar-refractivity contribution is 5.86. The van der Waals surface area contributed by atoms with Crippen LogP contribution < -0.4 is 19.6 Å². The Bertz CT molecular complexity index is 6740. The Hall–Kier alpha value is -14.8. The van der Waals surface area contributed by atoms with Crippen molar-refractivity contribution in [3.63, 3.8) is 0 Å². The van der Waals surface area contributed by atoms with E-state index in [9.17, 15) is 0 Å². The van der Waals surface area contributed by atoms with Gasteiger partial charge in [-0.3, -0.25) is 0 Å². The van der Waals surface area contributed by atoms with Crippen LogP contribution in [0.15, 0.2) is 425 Å². The highest BCUT2D eigenvalue weighted by Gasteiger charge is 2.40. The summed E-state index contributed by atoms with van der Waals surface area (Å²) in [6, 6.07) is 159. The maximum atomic E-state index is 2.45. The minimum absolute atomic E-state index is 0.0461. The quantitative estimate of drug-likeness (QED) is 0.0329. The molecule has 0 heterocycles. The topological polar surface area (TPSA) is 13.0 Å². The van der Waals surface area contributed by atoms with Gasteiger partial charge in [0.05, 0.1) is 0 Å². The minimum atomic E-state index is -0.144. The standard InChI is InChI=1S/C76H82N2.C59H50N2/c1-9-11-14-18-60-24-44-74(58(7)50-60)64-26-36-68(37-27-64)77(72-34-22-54(3)56(5)52-72)70-40-30-66(31-41-70)76(48-46-63(47-49-76)62-20-16-13-17-21-62)67-32-42-71(43-33-67)78(73-35-23-55(4)57(6)53-73)69-38-28-65(29-39-69)75-45-25-61(51-59(75)8)19-15-12-10-2;1-42-20-28-51(29-21-42)60(55-36-38-57(44(3)40-55)46-14-8-5-9-15-46)53-32-24-49(25-33-53)59(48-18-12-7-13-19-48)50-26-34-54(35-27-50)61(52-30-22-43(2)23-31-52)56-37-39-58(45(4)41-56)47-16-10-6-11-17-47/h13,16-17,20-45,50-53,63H,9-12,14-15,18-19,46-49H2,1-8H3;5-41,59H,1-4H3. The fraction of sp³-hybridized carbons (Fsp3) is 0.200. The van der Waals surface area contributed by atoms with Crippen molar-refractivity contribution in [3.8, 4) is 44.5 Å². The number of aryl methyl sites for hydroxylation is 12. The molecule has 139 heavy (non-hydrogen) atoms. The van der Waals surface area contributed by atoms with E-state index in [0.717, 1.165) is 95.4 Å². The molecule has 19 rings (SSSR count). The van der Waals surface area contributed by atoms with Crippen molar-refractivity contribution in [2.24, 2.45) is 0 Å². The molecule has 0 aliphatic heterocycles. The second-order valence-corrected chi connectivity index (χ2v) is 39.0. The molecule has 0 spiro atoms. The molecule has 0 amide bonds. The third-order valence-electron chi connectivity index (χ3n) is 29.3. The summed E-state index contributed by atoms with van der Waals surface area (Å²) < 4.78 is 0. The van der Waals surface area contributed by atoms with E-state index in [-0.39, 0.29) is 11.3 Å². The van der Waals surface area contributed by atoms with Crippen LogP contribution in [-0.2, 0) is 18.3 Å². The predicted molar refractivity (Wildman–Crippen MR) is 596 cm³/mol. The summed E-state index contributed by atoms with van der Waals surface area (Å²) in [5.41, 5.74) is 47.4. The van der Waals surface area contributed by atoms with Crippen LogP contribution >= 0.6 is 0 Å². The van der Waals surface area contributed by atoms with Crippen molar-refractivity contribution in [1.29, 1.82) is 0 Å². The van der Waals surface area contributed by atoms with Crippen molar-refractivity contribution >= 4 is 68.2 Å². The molecule has 0 saturated heterocycles. The molecule has 0 radical (unpaired) electrons. The Kier molecular flexibility index (Phi) is 29.7. The average molecular weight is 1810 g/mol. The molecular weight excluding hydrogens is 1680 g/mol. The largest absolute Gasteiger partial charge is 0.310 e. The fourth-order valence-corrected chi connectivity index (χ4v) is 21.1. The molecule has 4 heteroatoms. The van der Waals surface area contributed by atoms with Crippen molar-refractivity contribution < 1.29 is 0 Å². The van der Waals surface area contributed by atoms with Crippen molar-refractivity contribution in [1.82, 2.24) is 0 Å². The van der Waals surface area contributed by atoms with Gasteiger partial charge in [0.2, 0.25) is 0 Å². The van der Waals surface area contributed by atoms with E-state index in [4.69, 9.17) is 0 Å². The van der Waals surface area contributed by atoms with Crippen LogP contribution in [0.4, 0.5) is 68.2 Å². The van der Waals surface area contributed by atoms with Gasteiger partial charge in [-0.1, -0.05) is 330 Å². The van der Waals surface area contributed by atoms with Gasteiger partial charge in [0, 0.05) is 79.6 Å². The maximum absolute atomic E-state index is 2.45. The van der Waals surface area contributed by atoms with Crippen LogP contribution in [0.1, 0.15) is 190 Å². The zero-order chi connectivity index (χ0) is 95.9. The van der Waals surface area contributed by atoms with Gasteiger partial charge < -0.3 is 19.6 Å². The van der Waals surface area contributed by atoms with Gasteiger partial charge >= 0.3 is 0 Å². The Morgan fingerprint density at radius 3 is 0.820 bits per heavy atom. The third-order valence-corrected chi connectivity index (χ3v) is 29.3. The highest BCUT2D eigenvalue weighted by Crippen LogP contribution is 2.52. The van der Waals surface area contributed by atoms with Crippen LogP contribution in [0.5, 0.6) is 0 Å². The number of unbranched alkanes of at least 4 members (excludes halogenated alkanes) is 4. The first-order valence-electron chi connectivity index (χ1n) is 50.6. The van der Waals surface area contributed by atoms with E-state index in [2.05, 4.69) is 527 Å². The van der Waals surface area contributed by atoms with Gasteiger partial charge in [0.25, 0.3) is 0 Å². The monoisotopic (exact) mass is 1810 g/mol.